The van der Waals surface area contributed by atoms with Crippen molar-refractivity contribution in [1.82, 2.24) is 14.6 Å². The Morgan fingerprint density at radius 2 is 1.67 bits per heavy atom. The van der Waals surface area contributed by atoms with Crippen molar-refractivity contribution >= 4 is 38.6 Å². The molecule has 3 heterocycles. The van der Waals surface area contributed by atoms with Crippen LogP contribution in [0.15, 0.2) is 60.8 Å². The number of thiophene rings is 1. The Kier molecular flexibility index (Phi) is 6.65. The topological polar surface area (TPSA) is 69.9 Å². The number of nitrogens with one attached hydrogen (secondary N) is 1. The van der Waals surface area contributed by atoms with E-state index in [1.165, 1.54) is 0 Å². The summed E-state index contributed by atoms with van der Waals surface area (Å²) >= 11 is 1.69. The number of benzene rings is 2. The molecule has 2 aromatic carbocycles. The van der Waals surface area contributed by atoms with Crippen LogP contribution in [0.5, 0.6) is 17.2 Å². The molecule has 1 N–H and O–H groups in total. The Morgan fingerprint density at radius 1 is 0.848 bits per heavy atom. The van der Waals surface area contributed by atoms with E-state index >= 15 is 0 Å². The average Bonchev–Trinajstić information content (AvgIpc) is 3.48. The number of aromatic nitrogens is 3. The van der Waals surface area contributed by atoms with Gasteiger partial charge < -0.3 is 19.5 Å². The van der Waals surface area contributed by atoms with E-state index < -0.39 is 0 Å². The van der Waals surface area contributed by atoms with Crippen LogP contribution in [0.1, 0.15) is 13.8 Å². The summed E-state index contributed by atoms with van der Waals surface area (Å²) in [6, 6.07) is 17.7. The van der Waals surface area contributed by atoms with Crippen molar-refractivity contribution in [3.05, 3.63) is 60.8 Å². The minimum Gasteiger partial charge on any atom is -0.497 e. The van der Waals surface area contributed by atoms with E-state index in [-0.39, 0.29) is 0 Å². The van der Waals surface area contributed by atoms with E-state index in [9.17, 15) is 0 Å². The highest BCUT2D eigenvalue weighted by molar-refractivity contribution is 7.22. The third-order valence-corrected chi connectivity index (χ3v) is 6.12. The van der Waals surface area contributed by atoms with Crippen LogP contribution in [-0.4, -0.2) is 35.9 Å². The number of rotatable bonds is 6. The van der Waals surface area contributed by atoms with Crippen molar-refractivity contribution in [2.45, 2.75) is 13.8 Å². The van der Waals surface area contributed by atoms with E-state index in [4.69, 9.17) is 19.3 Å². The molecule has 0 aliphatic carbocycles. The third kappa shape index (κ3) is 4.42. The molecule has 8 heteroatoms. The summed E-state index contributed by atoms with van der Waals surface area (Å²) < 4.78 is 19.0. The predicted octanol–water partition coefficient (Wildman–Crippen LogP) is 6.41. The van der Waals surface area contributed by atoms with Crippen molar-refractivity contribution in [2.75, 3.05) is 26.6 Å². The molecule has 170 valence electrons. The molecule has 0 radical (unpaired) electrons. The van der Waals surface area contributed by atoms with Crippen LogP contribution in [-0.2, 0) is 0 Å². The molecule has 0 aliphatic rings. The first kappa shape index (κ1) is 22.4. The summed E-state index contributed by atoms with van der Waals surface area (Å²) in [6.07, 6.45) is 1.85. The predicted molar refractivity (Wildman–Crippen MR) is 135 cm³/mol. The molecule has 0 spiro atoms. The summed E-state index contributed by atoms with van der Waals surface area (Å²) in [4.78, 5) is 5.60. The van der Waals surface area contributed by atoms with Gasteiger partial charge in [0.25, 0.3) is 0 Å². The van der Waals surface area contributed by atoms with Crippen molar-refractivity contribution < 1.29 is 14.2 Å². The molecule has 5 rings (SSSR count). The Labute approximate surface area is 196 Å². The quantitative estimate of drug-likeness (QED) is 0.315. The zero-order valence-corrected chi connectivity index (χ0v) is 20.1. The fourth-order valence-corrected chi connectivity index (χ4v) is 4.52. The molecular weight excluding hydrogens is 436 g/mol. The number of imidazole rings is 1. The van der Waals surface area contributed by atoms with Gasteiger partial charge in [-0.3, -0.25) is 0 Å². The standard InChI is InChI=1S/C23H20N4O3S.C2H6/c1-28-16-6-4-14-10-21(31-20(14)12-16)17-13-24-23-9-8-22(26-27(17)23)25-15-5-7-18(29-2)19(11-15)30-3;1-2/h4-13H,1-3H3,(H,25,26);1-2H3. The number of hydrogen-bond donors (Lipinski definition) is 1. The smallest absolute Gasteiger partial charge is 0.162 e. The monoisotopic (exact) mass is 462 g/mol. The van der Waals surface area contributed by atoms with Gasteiger partial charge in [-0.2, -0.15) is 0 Å². The normalized spacial score (nSPS) is 10.6. The third-order valence-electron chi connectivity index (χ3n) is 5.00. The van der Waals surface area contributed by atoms with Gasteiger partial charge in [-0.15, -0.1) is 16.4 Å². The first-order valence-electron chi connectivity index (χ1n) is 10.6. The SMILES string of the molecule is CC.COc1ccc2cc(-c3cnc4ccc(Nc5ccc(OC)c(OC)c5)nn34)sc2c1. The number of methoxy groups -OCH3 is 3. The lowest BCUT2D eigenvalue weighted by molar-refractivity contribution is 0.355. The lowest BCUT2D eigenvalue weighted by Crippen LogP contribution is -2.00. The van der Waals surface area contributed by atoms with Crippen LogP contribution in [0, 0.1) is 0 Å². The maximum atomic E-state index is 5.39. The summed E-state index contributed by atoms with van der Waals surface area (Å²) in [7, 11) is 4.91. The Morgan fingerprint density at radius 3 is 2.42 bits per heavy atom. The van der Waals surface area contributed by atoms with E-state index in [2.05, 4.69) is 22.4 Å². The largest absolute Gasteiger partial charge is 0.497 e. The average molecular weight is 463 g/mol. The Bertz CT molecular complexity index is 1390. The summed E-state index contributed by atoms with van der Waals surface area (Å²) in [6.45, 7) is 4.00. The number of ether oxygens (including phenoxy) is 3. The maximum Gasteiger partial charge on any atom is 0.162 e. The van der Waals surface area contributed by atoms with Gasteiger partial charge in [-0.05, 0) is 53.9 Å². The van der Waals surface area contributed by atoms with Crippen molar-refractivity contribution in [3.8, 4) is 27.8 Å². The minimum atomic E-state index is 0.651. The molecule has 5 aromatic rings. The lowest BCUT2D eigenvalue weighted by atomic mass is 10.2. The fourth-order valence-electron chi connectivity index (χ4n) is 3.43. The highest BCUT2D eigenvalue weighted by Gasteiger charge is 2.12. The second-order valence-electron chi connectivity index (χ2n) is 6.84. The van der Waals surface area contributed by atoms with Crippen molar-refractivity contribution in [3.63, 3.8) is 0 Å². The molecule has 7 nitrogen and oxygen atoms in total. The van der Waals surface area contributed by atoms with Crippen LogP contribution in [0.4, 0.5) is 11.5 Å². The molecule has 0 atom stereocenters. The molecule has 0 aliphatic heterocycles. The zero-order valence-electron chi connectivity index (χ0n) is 19.2. The van der Waals surface area contributed by atoms with E-state index in [1.54, 1.807) is 32.7 Å². The second-order valence-corrected chi connectivity index (χ2v) is 7.92. The van der Waals surface area contributed by atoms with Crippen molar-refractivity contribution in [2.24, 2.45) is 0 Å². The Hall–Kier alpha value is -3.78. The van der Waals surface area contributed by atoms with Crippen LogP contribution in [0.3, 0.4) is 0 Å². The van der Waals surface area contributed by atoms with Gasteiger partial charge in [0.05, 0.1) is 32.4 Å². The first-order valence-corrected chi connectivity index (χ1v) is 11.4. The minimum absolute atomic E-state index is 0.651. The highest BCUT2D eigenvalue weighted by Crippen LogP contribution is 2.36. The summed E-state index contributed by atoms with van der Waals surface area (Å²) in [5.41, 5.74) is 2.56. The summed E-state index contributed by atoms with van der Waals surface area (Å²) in [5.74, 6) is 2.87. The molecule has 0 fully saturated rings. The Balaban J connectivity index is 0.00000126. The number of fused-ring (bicyclic) bond motifs is 2. The van der Waals surface area contributed by atoms with E-state index in [0.717, 1.165) is 37.7 Å². The molecule has 3 aromatic heterocycles. The van der Waals surface area contributed by atoms with Gasteiger partial charge in [0.2, 0.25) is 0 Å². The molecule has 33 heavy (non-hydrogen) atoms. The lowest BCUT2D eigenvalue weighted by Gasteiger charge is -2.11. The van der Waals surface area contributed by atoms with Crippen molar-refractivity contribution in [1.29, 1.82) is 0 Å². The molecular formula is C25H26N4O3S. The summed E-state index contributed by atoms with van der Waals surface area (Å²) in [5, 5.41) is 9.25. The number of hydrogen-bond acceptors (Lipinski definition) is 7. The van der Waals surface area contributed by atoms with Gasteiger partial charge >= 0.3 is 0 Å². The van der Waals surface area contributed by atoms with Crippen LogP contribution in [0.25, 0.3) is 26.3 Å². The molecule has 0 unspecified atom stereocenters. The maximum absolute atomic E-state index is 5.39. The van der Waals surface area contributed by atoms with E-state index in [1.807, 2.05) is 67.0 Å². The van der Waals surface area contributed by atoms with E-state index in [0.29, 0.717) is 17.3 Å². The molecule has 0 saturated heterocycles. The van der Waals surface area contributed by atoms with Gasteiger partial charge in [0.1, 0.15) is 11.4 Å². The number of nitrogens with zero attached hydrogens (tertiary/aromatic N) is 3. The highest BCUT2D eigenvalue weighted by atomic mass is 32.1. The zero-order chi connectivity index (χ0) is 23.4. The first-order chi connectivity index (χ1) is 16.2. The van der Waals surface area contributed by atoms with Gasteiger partial charge in [-0.25, -0.2) is 9.50 Å². The molecule has 0 amide bonds. The molecule has 0 saturated carbocycles. The van der Waals surface area contributed by atoms with Gasteiger partial charge in [0, 0.05) is 16.5 Å². The van der Waals surface area contributed by atoms with Crippen LogP contribution in [0.2, 0.25) is 0 Å². The van der Waals surface area contributed by atoms with Crippen LogP contribution < -0.4 is 19.5 Å². The van der Waals surface area contributed by atoms with Crippen LogP contribution >= 0.6 is 11.3 Å². The fraction of sp³-hybridized carbons (Fsp3) is 0.200. The number of anilines is 2. The molecule has 0 bridgehead atoms. The van der Waals surface area contributed by atoms with Gasteiger partial charge in [-0.1, -0.05) is 13.8 Å². The van der Waals surface area contributed by atoms with Gasteiger partial charge in [0.15, 0.2) is 23.0 Å². The second kappa shape index (κ2) is 9.79.